The fraction of sp³-hybridized carbons (Fsp3) is 0.316. The lowest BCUT2D eigenvalue weighted by atomic mass is 9.89. The summed E-state index contributed by atoms with van der Waals surface area (Å²) in [5.41, 5.74) is 4.27. The van der Waals surface area contributed by atoms with Gasteiger partial charge in [0.25, 0.3) is 5.91 Å². The van der Waals surface area contributed by atoms with Crippen molar-refractivity contribution in [3.05, 3.63) is 64.7 Å². The Labute approximate surface area is 148 Å². The van der Waals surface area contributed by atoms with Crippen LogP contribution in [-0.4, -0.2) is 14.3 Å². The van der Waals surface area contributed by atoms with Crippen LogP contribution in [0.4, 0.5) is 0 Å². The third-order valence-corrected chi connectivity index (χ3v) is 5.59. The average Bonchev–Trinajstić information content (AvgIpc) is 2.60. The lowest BCUT2D eigenvalue weighted by Crippen LogP contribution is -2.27. The largest absolute Gasteiger partial charge is 0.346 e. The molecule has 132 valence electrons. The minimum absolute atomic E-state index is 0.00761. The fourth-order valence-corrected chi connectivity index (χ4v) is 3.70. The minimum Gasteiger partial charge on any atom is -0.346 e. The number of fused-ring (bicyclic) bond motifs is 1. The van der Waals surface area contributed by atoms with E-state index in [4.69, 9.17) is 5.14 Å². The van der Waals surface area contributed by atoms with E-state index in [1.54, 1.807) is 0 Å². The maximum atomic E-state index is 12.4. The van der Waals surface area contributed by atoms with E-state index in [2.05, 4.69) is 23.5 Å². The molecule has 1 aliphatic carbocycles. The van der Waals surface area contributed by atoms with Crippen molar-refractivity contribution in [2.75, 3.05) is 0 Å². The molecule has 0 spiro atoms. The number of carbonyl (C=O) groups excluding carboxylic acids is 1. The van der Waals surface area contributed by atoms with E-state index in [0.29, 0.717) is 5.56 Å². The van der Waals surface area contributed by atoms with Gasteiger partial charge < -0.3 is 5.32 Å². The predicted molar refractivity (Wildman–Crippen MR) is 96.8 cm³/mol. The molecule has 3 rings (SSSR count). The summed E-state index contributed by atoms with van der Waals surface area (Å²) >= 11 is 0. The molecule has 1 amide bonds. The number of nitrogens with two attached hydrogens (primary N) is 1. The van der Waals surface area contributed by atoms with Gasteiger partial charge in [0.1, 0.15) is 0 Å². The average molecular weight is 358 g/mol. The number of primary sulfonamides is 1. The highest BCUT2D eigenvalue weighted by Gasteiger charge is 2.15. The van der Waals surface area contributed by atoms with Crippen molar-refractivity contribution >= 4 is 15.9 Å². The highest BCUT2D eigenvalue weighted by atomic mass is 32.2. The second kappa shape index (κ2) is 6.98. The number of rotatable bonds is 4. The van der Waals surface area contributed by atoms with Gasteiger partial charge in [-0.05, 0) is 73.6 Å². The third kappa shape index (κ3) is 4.08. The number of hydrogen-bond acceptors (Lipinski definition) is 3. The SMILES string of the molecule is CC(NC(=O)c1ccc(S(N)(=O)=O)cc1)c1ccc2c(c1)CCCC2. The Morgan fingerprint density at radius 1 is 1.04 bits per heavy atom. The van der Waals surface area contributed by atoms with Gasteiger partial charge in [-0.1, -0.05) is 18.2 Å². The summed E-state index contributed by atoms with van der Waals surface area (Å²) in [6.45, 7) is 1.95. The third-order valence-electron chi connectivity index (χ3n) is 4.67. The van der Waals surface area contributed by atoms with E-state index >= 15 is 0 Å². The first-order chi connectivity index (χ1) is 11.8. The Hall–Kier alpha value is -2.18. The van der Waals surface area contributed by atoms with Gasteiger partial charge in [0.05, 0.1) is 10.9 Å². The summed E-state index contributed by atoms with van der Waals surface area (Å²) in [7, 11) is -3.75. The molecule has 0 bridgehead atoms. The Morgan fingerprint density at radius 3 is 2.32 bits per heavy atom. The number of carbonyl (C=O) groups is 1. The Bertz CT molecular complexity index is 889. The molecule has 0 saturated heterocycles. The van der Waals surface area contributed by atoms with Gasteiger partial charge in [-0.25, -0.2) is 13.6 Å². The lowest BCUT2D eigenvalue weighted by Gasteiger charge is -2.20. The Balaban J connectivity index is 1.72. The molecule has 0 saturated carbocycles. The van der Waals surface area contributed by atoms with Crippen molar-refractivity contribution in [2.45, 2.75) is 43.5 Å². The van der Waals surface area contributed by atoms with Crippen molar-refractivity contribution in [2.24, 2.45) is 5.14 Å². The first-order valence-corrected chi connectivity index (χ1v) is 9.94. The molecule has 2 aromatic rings. The minimum atomic E-state index is -3.75. The van der Waals surface area contributed by atoms with Gasteiger partial charge in [-0.15, -0.1) is 0 Å². The summed E-state index contributed by atoms with van der Waals surface area (Å²) in [5, 5.41) is 8.02. The fourth-order valence-electron chi connectivity index (χ4n) is 3.18. The molecule has 0 heterocycles. The Morgan fingerprint density at radius 2 is 1.68 bits per heavy atom. The molecular weight excluding hydrogens is 336 g/mol. The van der Waals surface area contributed by atoms with E-state index in [1.165, 1.54) is 48.2 Å². The molecule has 0 fully saturated rings. The summed E-state index contributed by atoms with van der Waals surface area (Å²) < 4.78 is 22.5. The second-order valence-corrected chi connectivity index (χ2v) is 8.06. The zero-order valence-electron chi connectivity index (χ0n) is 14.2. The van der Waals surface area contributed by atoms with Crippen LogP contribution in [0.3, 0.4) is 0 Å². The van der Waals surface area contributed by atoms with Crippen LogP contribution < -0.4 is 10.5 Å². The first kappa shape index (κ1) is 17.6. The summed E-state index contributed by atoms with van der Waals surface area (Å²) in [5.74, 6) is -0.244. The molecule has 25 heavy (non-hydrogen) atoms. The van der Waals surface area contributed by atoms with Gasteiger partial charge in [0, 0.05) is 5.56 Å². The molecule has 0 aliphatic heterocycles. The molecule has 6 heteroatoms. The summed E-state index contributed by atoms with van der Waals surface area (Å²) in [6.07, 6.45) is 4.69. The number of nitrogens with one attached hydrogen (secondary N) is 1. The zero-order chi connectivity index (χ0) is 18.0. The molecule has 5 nitrogen and oxygen atoms in total. The van der Waals surface area contributed by atoms with E-state index in [1.807, 2.05) is 6.92 Å². The van der Waals surface area contributed by atoms with Crippen LogP contribution in [0, 0.1) is 0 Å². The lowest BCUT2D eigenvalue weighted by molar-refractivity contribution is 0.0939. The molecule has 1 unspecified atom stereocenters. The van der Waals surface area contributed by atoms with Gasteiger partial charge in [0.15, 0.2) is 0 Å². The molecule has 2 aromatic carbocycles. The van der Waals surface area contributed by atoms with Gasteiger partial charge in [0.2, 0.25) is 10.0 Å². The summed E-state index contributed by atoms with van der Waals surface area (Å²) in [6, 6.07) is 11.9. The number of aryl methyl sites for hydroxylation is 2. The summed E-state index contributed by atoms with van der Waals surface area (Å²) in [4.78, 5) is 12.4. The molecule has 0 radical (unpaired) electrons. The topological polar surface area (TPSA) is 89.3 Å². The van der Waals surface area contributed by atoms with Gasteiger partial charge in [-0.2, -0.15) is 0 Å². The monoisotopic (exact) mass is 358 g/mol. The molecule has 1 atom stereocenters. The molecule has 3 N–H and O–H groups in total. The standard InChI is InChI=1S/C19H22N2O3S/c1-13(16-7-6-14-4-2-3-5-17(14)12-16)21-19(22)15-8-10-18(11-9-15)25(20,23)24/h6-13H,2-5H2,1H3,(H,21,22)(H2,20,23,24). The predicted octanol–water partition coefficient (Wildman–Crippen LogP) is 2.70. The van der Waals surface area contributed by atoms with Gasteiger partial charge in [-0.3, -0.25) is 4.79 Å². The van der Waals surface area contributed by atoms with Crippen LogP contribution in [0.25, 0.3) is 0 Å². The number of amides is 1. The second-order valence-electron chi connectivity index (χ2n) is 6.50. The normalized spacial score (nSPS) is 15.3. The Kier molecular flexibility index (Phi) is 4.92. The molecule has 0 aromatic heterocycles. The van der Waals surface area contributed by atoms with Crippen molar-refractivity contribution in [1.29, 1.82) is 0 Å². The molecular formula is C19H22N2O3S. The number of benzene rings is 2. The van der Waals surface area contributed by atoms with Crippen LogP contribution in [-0.2, 0) is 22.9 Å². The molecule has 1 aliphatic rings. The highest BCUT2D eigenvalue weighted by molar-refractivity contribution is 7.89. The zero-order valence-corrected chi connectivity index (χ0v) is 15.0. The maximum Gasteiger partial charge on any atom is 0.251 e. The van der Waals surface area contributed by atoms with Gasteiger partial charge >= 0.3 is 0 Å². The maximum absolute atomic E-state index is 12.4. The van der Waals surface area contributed by atoms with Crippen LogP contribution in [0.15, 0.2) is 47.4 Å². The quantitative estimate of drug-likeness (QED) is 0.880. The van der Waals surface area contributed by atoms with Crippen molar-refractivity contribution in [1.82, 2.24) is 5.32 Å². The van der Waals surface area contributed by atoms with Crippen LogP contribution >= 0.6 is 0 Å². The number of sulfonamides is 1. The van der Waals surface area contributed by atoms with Crippen LogP contribution in [0.2, 0.25) is 0 Å². The van der Waals surface area contributed by atoms with E-state index in [9.17, 15) is 13.2 Å². The van der Waals surface area contributed by atoms with Crippen molar-refractivity contribution in [3.63, 3.8) is 0 Å². The smallest absolute Gasteiger partial charge is 0.251 e. The van der Waals surface area contributed by atoms with Crippen LogP contribution in [0.1, 0.15) is 52.9 Å². The van der Waals surface area contributed by atoms with E-state index in [0.717, 1.165) is 18.4 Å². The van der Waals surface area contributed by atoms with Crippen LogP contribution in [0.5, 0.6) is 0 Å². The van der Waals surface area contributed by atoms with Crippen molar-refractivity contribution < 1.29 is 13.2 Å². The number of hydrogen-bond donors (Lipinski definition) is 2. The van der Waals surface area contributed by atoms with E-state index < -0.39 is 10.0 Å². The van der Waals surface area contributed by atoms with E-state index in [-0.39, 0.29) is 16.8 Å². The highest BCUT2D eigenvalue weighted by Crippen LogP contribution is 2.25. The van der Waals surface area contributed by atoms with Crippen molar-refractivity contribution in [3.8, 4) is 0 Å². The first-order valence-electron chi connectivity index (χ1n) is 8.40.